The molecule has 0 spiro atoms. The van der Waals surface area contributed by atoms with Gasteiger partial charge in [-0.2, -0.15) is 0 Å². The van der Waals surface area contributed by atoms with Crippen molar-refractivity contribution in [2.75, 3.05) is 6.61 Å². The lowest BCUT2D eigenvalue weighted by molar-refractivity contribution is -0.304. The van der Waals surface area contributed by atoms with Crippen molar-refractivity contribution < 1.29 is 79.6 Å². The molecule has 0 aromatic rings. The van der Waals surface area contributed by atoms with E-state index in [1.807, 2.05) is 49.5 Å². The van der Waals surface area contributed by atoms with Gasteiger partial charge in [0.1, 0.15) is 12.2 Å². The summed E-state index contributed by atoms with van der Waals surface area (Å²) in [7, 11) is 0. The smallest absolute Gasteiger partial charge is 0.308 e. The van der Waals surface area contributed by atoms with Crippen LogP contribution in [0.4, 0.5) is 0 Å². The van der Waals surface area contributed by atoms with Crippen molar-refractivity contribution in [3.05, 3.63) is 85.1 Å². The van der Waals surface area contributed by atoms with Gasteiger partial charge in [0.05, 0.1) is 86.0 Å². The van der Waals surface area contributed by atoms with Crippen LogP contribution >= 0.6 is 0 Å². The Kier molecular flexibility index (Phi) is 23.0. The number of cyclic esters (lactones) is 1. The molecule has 18 nitrogen and oxygen atoms in total. The average molecular weight is 935 g/mol. The molecule has 1 aliphatic carbocycles. The van der Waals surface area contributed by atoms with Gasteiger partial charge < -0.3 is 81.1 Å². The minimum absolute atomic E-state index is 0.0807. The number of ether oxygens (including phenoxy) is 4. The van der Waals surface area contributed by atoms with Gasteiger partial charge in [-0.05, 0) is 39.0 Å². The number of amides is 1. The normalized spacial score (nSPS) is 43.8. The van der Waals surface area contributed by atoms with Crippen LogP contribution in [-0.2, 0) is 28.5 Å². The summed E-state index contributed by atoms with van der Waals surface area (Å²) in [5.74, 6) is -4.92. The molecule has 3 fully saturated rings. The van der Waals surface area contributed by atoms with Gasteiger partial charge in [0, 0.05) is 44.1 Å². The highest BCUT2D eigenvalue weighted by atomic mass is 16.7. The van der Waals surface area contributed by atoms with E-state index in [2.05, 4.69) is 5.32 Å². The number of rotatable bonds is 4. The van der Waals surface area contributed by atoms with E-state index >= 15 is 0 Å². The maximum atomic E-state index is 13.6. The Bertz CT molecular complexity index is 1700. The predicted molar refractivity (Wildman–Crippen MR) is 241 cm³/mol. The second-order valence-corrected chi connectivity index (χ2v) is 18.1. The summed E-state index contributed by atoms with van der Waals surface area (Å²) in [4.78, 5) is 26.1. The van der Waals surface area contributed by atoms with Crippen LogP contribution < -0.4 is 11.1 Å². The molecule has 4 rings (SSSR count). The maximum Gasteiger partial charge on any atom is 0.308 e. The van der Waals surface area contributed by atoms with E-state index in [0.29, 0.717) is 0 Å². The van der Waals surface area contributed by atoms with Gasteiger partial charge in [0.15, 0.2) is 12.1 Å². The molecular formula is C48H74N2O16. The molecule has 3 aliphatic heterocycles. The van der Waals surface area contributed by atoms with Crippen molar-refractivity contribution in [1.29, 1.82) is 0 Å². The van der Waals surface area contributed by atoms with Gasteiger partial charge in [0.25, 0.3) is 0 Å². The third-order valence-corrected chi connectivity index (χ3v) is 12.0. The molecule has 2 bridgehead atoms. The van der Waals surface area contributed by atoms with Crippen LogP contribution in [0.3, 0.4) is 0 Å². The number of carbonyl (C=O) groups excluding carboxylic acids is 2. The van der Waals surface area contributed by atoms with Crippen molar-refractivity contribution in [2.45, 2.75) is 182 Å². The summed E-state index contributed by atoms with van der Waals surface area (Å²) in [5.41, 5.74) is 6.00. The number of aliphatic hydroxyl groups is 10. The maximum absolute atomic E-state index is 13.6. The number of aliphatic hydroxyl groups excluding tert-OH is 9. The van der Waals surface area contributed by atoms with Crippen LogP contribution in [0.25, 0.3) is 0 Å². The highest BCUT2D eigenvalue weighted by Crippen LogP contribution is 2.38. The van der Waals surface area contributed by atoms with Gasteiger partial charge in [-0.25, -0.2) is 0 Å². The number of nitrogens with one attached hydrogen (secondary N) is 1. The lowest BCUT2D eigenvalue weighted by Gasteiger charge is -2.45. The lowest BCUT2D eigenvalue weighted by atomic mass is 9.82. The summed E-state index contributed by atoms with van der Waals surface area (Å²) in [6, 6.07) is -1.17. The second-order valence-electron chi connectivity index (χ2n) is 18.1. The molecule has 1 saturated carbocycles. The molecule has 17 atom stereocenters. The summed E-state index contributed by atoms with van der Waals surface area (Å²) in [6.45, 7) is 3.23. The predicted octanol–water partition coefficient (Wildman–Crippen LogP) is 0.271. The number of fused-ring (bicyclic) bond motifs is 2. The molecule has 18 heteroatoms. The molecular weight excluding hydrogens is 861 g/mol. The molecule has 13 N–H and O–H groups in total. The van der Waals surface area contributed by atoms with Crippen LogP contribution in [0, 0.1) is 11.8 Å². The third-order valence-electron chi connectivity index (χ3n) is 12.0. The summed E-state index contributed by atoms with van der Waals surface area (Å²) in [6.07, 6.45) is 7.93. The van der Waals surface area contributed by atoms with E-state index < -0.39 is 135 Å². The van der Waals surface area contributed by atoms with E-state index in [0.717, 1.165) is 12.8 Å². The fraction of sp³-hybridized carbons (Fsp3) is 0.667. The van der Waals surface area contributed by atoms with E-state index in [1.54, 1.807) is 49.5 Å². The average Bonchev–Trinajstić information content (AvgIpc) is 4.05. The van der Waals surface area contributed by atoms with Crippen molar-refractivity contribution in [1.82, 2.24) is 5.32 Å². The molecule has 66 heavy (non-hydrogen) atoms. The molecule has 2 saturated heterocycles. The SMILES string of the molecule is C[C@H]1C[C@H](O)[C@@H](C)/C=C/C=C/C=C/C=C/C=C/C=C/C=C/C(O[C@@H]2OC[C@@H](O)[C@H](N)[C@@H]2O)C[C@@H]2OC(O)(CC(O)CC(O)[C@H](O)CCC(O)CC(O)CC(=O)O1)C[C@H](O)C2C(=O)NC1CC1. The molecule has 372 valence electrons. The van der Waals surface area contributed by atoms with Crippen LogP contribution in [0.5, 0.6) is 0 Å². The van der Waals surface area contributed by atoms with Gasteiger partial charge in [-0.3, -0.25) is 9.59 Å². The number of esters is 1. The van der Waals surface area contributed by atoms with Gasteiger partial charge >= 0.3 is 5.97 Å². The Morgan fingerprint density at radius 3 is 1.91 bits per heavy atom. The first kappa shape index (κ1) is 55.2. The Morgan fingerprint density at radius 1 is 0.682 bits per heavy atom. The lowest BCUT2D eigenvalue weighted by Crippen LogP contribution is -2.59. The summed E-state index contributed by atoms with van der Waals surface area (Å²) >= 11 is 0. The summed E-state index contributed by atoms with van der Waals surface area (Å²) in [5, 5.41) is 111. The van der Waals surface area contributed by atoms with Gasteiger partial charge in [-0.1, -0.05) is 92.0 Å². The molecule has 3 heterocycles. The summed E-state index contributed by atoms with van der Waals surface area (Å²) < 4.78 is 23.3. The minimum atomic E-state index is -2.23. The number of nitrogens with two attached hydrogens (primary N) is 1. The topological polar surface area (TPSA) is 311 Å². The second kappa shape index (κ2) is 27.5. The van der Waals surface area contributed by atoms with E-state index in [4.69, 9.17) is 24.7 Å². The van der Waals surface area contributed by atoms with E-state index in [1.165, 1.54) is 0 Å². The zero-order valence-corrected chi connectivity index (χ0v) is 37.9. The standard InChI is InChI=1S/C48H74N2O16/c1-29-15-13-11-9-7-5-3-4-6-8-10-12-14-16-35(65-47-45(60)44(49)40(58)28-63-47)25-41-43(46(61)50-31-17-18-31)39(57)27-48(62,66-41)26-34(53)23-38(56)36(54)20-19-32(51)22-33(52)24-42(59)64-30(2)21-37(29)55/h3-16,29-41,43-45,47,51-58,60,62H,17-28,49H2,1-2H3,(H,50,61)/b4-3+,7-5+,8-6+,11-9+,12-10+,15-13+,16-14+/t29-,30-,32?,33?,34?,35?,36+,37-,38?,39-,40+,41-,43?,44-,45-,47-,48?/m0/s1. The number of hydrogen-bond donors (Lipinski definition) is 12. The molecule has 0 aromatic heterocycles. The largest absolute Gasteiger partial charge is 0.462 e. The van der Waals surface area contributed by atoms with Crippen LogP contribution in [0.15, 0.2) is 85.1 Å². The van der Waals surface area contributed by atoms with Crippen LogP contribution in [0.1, 0.15) is 84.5 Å². The van der Waals surface area contributed by atoms with Crippen molar-refractivity contribution in [2.24, 2.45) is 17.6 Å². The Hall–Kier alpha value is -3.44. The molecule has 0 aromatic carbocycles. The first-order chi connectivity index (χ1) is 31.3. The zero-order chi connectivity index (χ0) is 48.4. The quantitative estimate of drug-likeness (QED) is 0.168. The minimum Gasteiger partial charge on any atom is -0.462 e. The Morgan fingerprint density at radius 2 is 1.29 bits per heavy atom. The molecule has 1 amide bonds. The van der Waals surface area contributed by atoms with Crippen molar-refractivity contribution >= 4 is 11.9 Å². The Balaban J connectivity index is 1.55. The first-order valence-corrected chi connectivity index (χ1v) is 23.1. The van der Waals surface area contributed by atoms with Crippen molar-refractivity contribution in [3.63, 3.8) is 0 Å². The number of allylic oxidation sites excluding steroid dienone is 12. The van der Waals surface area contributed by atoms with Crippen LogP contribution in [-0.4, -0.2) is 167 Å². The van der Waals surface area contributed by atoms with Gasteiger partial charge in [0.2, 0.25) is 5.91 Å². The van der Waals surface area contributed by atoms with Gasteiger partial charge in [-0.15, -0.1) is 0 Å². The Labute approximate surface area is 387 Å². The first-order valence-electron chi connectivity index (χ1n) is 23.1. The highest BCUT2D eigenvalue weighted by molar-refractivity contribution is 5.80. The number of carbonyl (C=O) groups is 2. The van der Waals surface area contributed by atoms with E-state index in [9.17, 15) is 60.7 Å². The molecule has 4 aliphatic rings. The fourth-order valence-electron chi connectivity index (χ4n) is 8.04. The zero-order valence-electron chi connectivity index (χ0n) is 37.9. The fourth-order valence-corrected chi connectivity index (χ4v) is 8.04. The van der Waals surface area contributed by atoms with Crippen molar-refractivity contribution in [3.8, 4) is 0 Å². The van der Waals surface area contributed by atoms with E-state index in [-0.39, 0.29) is 50.7 Å². The molecule has 0 radical (unpaired) electrons. The highest BCUT2D eigenvalue weighted by Gasteiger charge is 2.51. The third kappa shape index (κ3) is 19.3. The number of hydrogen-bond acceptors (Lipinski definition) is 17. The monoisotopic (exact) mass is 935 g/mol. The van der Waals surface area contributed by atoms with Crippen LogP contribution in [0.2, 0.25) is 0 Å². The molecule has 7 unspecified atom stereocenters.